The van der Waals surface area contributed by atoms with E-state index in [1.165, 1.54) is 22.8 Å². The largest absolute Gasteiger partial charge is 0.481 e. The summed E-state index contributed by atoms with van der Waals surface area (Å²) in [5, 5.41) is 10.7. The molecule has 0 fully saturated rings. The van der Waals surface area contributed by atoms with Gasteiger partial charge in [0.05, 0.1) is 22.8 Å². The van der Waals surface area contributed by atoms with Gasteiger partial charge in [0.25, 0.3) is 0 Å². The van der Waals surface area contributed by atoms with Crippen molar-refractivity contribution >= 4 is 39.7 Å². The van der Waals surface area contributed by atoms with Crippen molar-refractivity contribution < 1.29 is 23.1 Å². The number of hydrogen-bond donors (Lipinski definition) is 2. The first kappa shape index (κ1) is 25.5. The molecule has 1 amide bonds. The Hall–Kier alpha value is -3.14. The Morgan fingerprint density at radius 2 is 1.74 bits per heavy atom. The van der Waals surface area contributed by atoms with Crippen molar-refractivity contribution in [3.63, 3.8) is 0 Å². The summed E-state index contributed by atoms with van der Waals surface area (Å²) in [6.45, 7) is 2.50. The quantitative estimate of drug-likeness (QED) is 0.282. The highest BCUT2D eigenvalue weighted by molar-refractivity contribution is 7.99. The van der Waals surface area contributed by atoms with Crippen molar-refractivity contribution in [2.45, 2.75) is 33.9 Å². The number of carbonyl (C=O) groups is 2. The molecule has 3 aromatic rings. The van der Waals surface area contributed by atoms with Gasteiger partial charge >= 0.3 is 5.97 Å². The lowest BCUT2D eigenvalue weighted by molar-refractivity contribution is -0.137. The van der Waals surface area contributed by atoms with Crippen molar-refractivity contribution in [2.24, 2.45) is 0 Å². The predicted octanol–water partition coefficient (Wildman–Crippen LogP) is 4.36. The molecule has 34 heavy (non-hydrogen) atoms. The Morgan fingerprint density at radius 3 is 2.35 bits per heavy atom. The number of carboxylic acid groups (broad SMARTS) is 1. The van der Waals surface area contributed by atoms with Crippen molar-refractivity contribution in [1.29, 1.82) is 0 Å². The second kappa shape index (κ2) is 11.8. The Morgan fingerprint density at radius 1 is 1.03 bits per heavy atom. The minimum Gasteiger partial charge on any atom is -0.481 e. The Kier molecular flexibility index (Phi) is 8.86. The molecule has 0 aliphatic carbocycles. The Labute approximate surface area is 203 Å². The van der Waals surface area contributed by atoms with E-state index in [-0.39, 0.29) is 17.1 Å². The molecule has 0 aromatic heterocycles. The van der Waals surface area contributed by atoms with Crippen LogP contribution in [0, 0.1) is 0 Å². The number of anilines is 1. The molecule has 0 spiro atoms. The zero-order valence-electron chi connectivity index (χ0n) is 18.6. The van der Waals surface area contributed by atoms with E-state index < -0.39 is 21.7 Å². The number of benzene rings is 3. The third-order valence-electron chi connectivity index (χ3n) is 5.06. The molecule has 0 heterocycles. The molecular weight excluding hydrogens is 472 g/mol. The SMILES string of the molecule is CCNN(C=O)c1ccc(Sc2cccc(S(=O)(=O)CC(CC(=O)O)c3ccccc3)c2)cc1. The van der Waals surface area contributed by atoms with Gasteiger partial charge in [-0.2, -0.15) is 0 Å². The number of nitrogens with zero attached hydrogens (tertiary/aromatic N) is 1. The van der Waals surface area contributed by atoms with Gasteiger partial charge in [-0.3, -0.25) is 9.59 Å². The monoisotopic (exact) mass is 498 g/mol. The number of nitrogens with one attached hydrogen (secondary N) is 1. The first-order valence-electron chi connectivity index (χ1n) is 10.7. The highest BCUT2D eigenvalue weighted by atomic mass is 32.2. The van der Waals surface area contributed by atoms with Gasteiger partial charge in [0.1, 0.15) is 0 Å². The summed E-state index contributed by atoms with van der Waals surface area (Å²) in [5.74, 6) is -1.98. The molecule has 0 saturated heterocycles. The summed E-state index contributed by atoms with van der Waals surface area (Å²) in [6, 6.07) is 22.8. The normalized spacial score (nSPS) is 12.1. The van der Waals surface area contributed by atoms with Gasteiger partial charge in [-0.15, -0.1) is 0 Å². The third-order valence-corrected chi connectivity index (χ3v) is 7.87. The van der Waals surface area contributed by atoms with Gasteiger partial charge in [-0.1, -0.05) is 55.1 Å². The second-order valence-corrected chi connectivity index (χ2v) is 10.7. The molecule has 0 aliphatic rings. The van der Waals surface area contributed by atoms with Gasteiger partial charge in [0, 0.05) is 22.3 Å². The Balaban J connectivity index is 1.78. The lowest BCUT2D eigenvalue weighted by atomic mass is 9.98. The maximum atomic E-state index is 13.2. The van der Waals surface area contributed by atoms with E-state index in [1.54, 1.807) is 54.6 Å². The second-order valence-electron chi connectivity index (χ2n) is 7.54. The fourth-order valence-corrected chi connectivity index (χ4v) is 6.05. The molecule has 7 nitrogen and oxygen atoms in total. The van der Waals surface area contributed by atoms with E-state index in [4.69, 9.17) is 0 Å². The van der Waals surface area contributed by atoms with Crippen LogP contribution in [0.5, 0.6) is 0 Å². The molecule has 0 aliphatic heterocycles. The average molecular weight is 499 g/mol. The number of carboxylic acids is 1. The summed E-state index contributed by atoms with van der Waals surface area (Å²) >= 11 is 1.40. The molecule has 3 rings (SSSR count). The average Bonchev–Trinajstić information content (AvgIpc) is 2.83. The highest BCUT2D eigenvalue weighted by Gasteiger charge is 2.25. The third kappa shape index (κ3) is 6.93. The minimum absolute atomic E-state index is 0.153. The van der Waals surface area contributed by atoms with Gasteiger partial charge in [-0.25, -0.2) is 18.9 Å². The van der Waals surface area contributed by atoms with Crippen LogP contribution in [0.2, 0.25) is 0 Å². The summed E-state index contributed by atoms with van der Waals surface area (Å²) in [6.07, 6.45) is 0.432. The van der Waals surface area contributed by atoms with E-state index in [1.807, 2.05) is 25.1 Å². The van der Waals surface area contributed by atoms with Crippen LogP contribution < -0.4 is 10.4 Å². The first-order chi connectivity index (χ1) is 16.3. The van der Waals surface area contributed by atoms with Crippen LogP contribution in [-0.2, 0) is 19.4 Å². The van der Waals surface area contributed by atoms with E-state index in [0.717, 1.165) is 9.79 Å². The fourth-order valence-electron chi connectivity index (χ4n) is 3.47. The lowest BCUT2D eigenvalue weighted by Gasteiger charge is -2.17. The molecule has 2 N–H and O–H groups in total. The van der Waals surface area contributed by atoms with Crippen LogP contribution in [0.3, 0.4) is 0 Å². The summed E-state index contributed by atoms with van der Waals surface area (Å²) in [4.78, 5) is 24.3. The van der Waals surface area contributed by atoms with Crippen molar-refractivity contribution in [3.05, 3.63) is 84.4 Å². The van der Waals surface area contributed by atoms with Crippen LogP contribution in [0.4, 0.5) is 5.69 Å². The van der Waals surface area contributed by atoms with Crippen molar-refractivity contribution in [1.82, 2.24) is 5.43 Å². The minimum atomic E-state index is -3.73. The van der Waals surface area contributed by atoms with Gasteiger partial charge < -0.3 is 5.11 Å². The molecule has 1 unspecified atom stereocenters. The number of sulfone groups is 1. The standard InChI is InChI=1S/C25H26N2O5S2/c1-2-26-27(18-28)21-11-13-22(14-12-21)33-23-9-6-10-24(16-23)34(31,32)17-20(15-25(29)30)19-7-4-3-5-8-19/h3-14,16,18,20,26H,2,15,17H2,1H3,(H,29,30). The zero-order chi connectivity index (χ0) is 24.6. The Bertz CT molecular complexity index is 1220. The predicted molar refractivity (Wildman–Crippen MR) is 133 cm³/mol. The van der Waals surface area contributed by atoms with E-state index in [9.17, 15) is 23.1 Å². The van der Waals surface area contributed by atoms with Crippen LogP contribution in [-0.4, -0.2) is 38.2 Å². The fraction of sp³-hybridized carbons (Fsp3) is 0.200. The van der Waals surface area contributed by atoms with Gasteiger partial charge in [0.15, 0.2) is 9.84 Å². The first-order valence-corrected chi connectivity index (χ1v) is 13.1. The number of hydrogen-bond acceptors (Lipinski definition) is 6. The lowest BCUT2D eigenvalue weighted by Crippen LogP contribution is -2.36. The van der Waals surface area contributed by atoms with Crippen LogP contribution in [0.25, 0.3) is 0 Å². The molecule has 9 heteroatoms. The molecule has 0 saturated carbocycles. The van der Waals surface area contributed by atoms with Gasteiger partial charge in [-0.05, 0) is 48.0 Å². The molecule has 178 valence electrons. The highest BCUT2D eigenvalue weighted by Crippen LogP contribution is 2.32. The van der Waals surface area contributed by atoms with Crippen LogP contribution in [0.15, 0.2) is 93.5 Å². The molecule has 1 atom stereocenters. The van der Waals surface area contributed by atoms with Gasteiger partial charge in [0.2, 0.25) is 6.41 Å². The van der Waals surface area contributed by atoms with E-state index >= 15 is 0 Å². The summed E-state index contributed by atoms with van der Waals surface area (Å²) < 4.78 is 26.3. The number of aliphatic carboxylic acids is 1. The maximum Gasteiger partial charge on any atom is 0.303 e. The summed E-state index contributed by atoms with van der Waals surface area (Å²) in [5.41, 5.74) is 4.31. The molecule has 0 radical (unpaired) electrons. The van der Waals surface area contributed by atoms with Crippen molar-refractivity contribution in [3.8, 4) is 0 Å². The number of hydrazine groups is 1. The van der Waals surface area contributed by atoms with Crippen molar-refractivity contribution in [2.75, 3.05) is 17.3 Å². The van der Waals surface area contributed by atoms with Crippen LogP contribution >= 0.6 is 11.8 Å². The number of carbonyl (C=O) groups excluding carboxylic acids is 1. The van der Waals surface area contributed by atoms with E-state index in [2.05, 4.69) is 5.43 Å². The number of rotatable bonds is 12. The molecular formula is C25H26N2O5S2. The van der Waals surface area contributed by atoms with E-state index in [0.29, 0.717) is 24.2 Å². The topological polar surface area (TPSA) is 104 Å². The molecule has 0 bridgehead atoms. The smallest absolute Gasteiger partial charge is 0.303 e. The van der Waals surface area contributed by atoms with Crippen LogP contribution in [0.1, 0.15) is 24.8 Å². The zero-order valence-corrected chi connectivity index (χ0v) is 20.3. The summed E-state index contributed by atoms with van der Waals surface area (Å²) in [7, 11) is -3.73. The maximum absolute atomic E-state index is 13.2. The molecule has 3 aromatic carbocycles. The number of amides is 1.